The van der Waals surface area contributed by atoms with Crippen molar-refractivity contribution in [3.63, 3.8) is 0 Å². The van der Waals surface area contributed by atoms with Gasteiger partial charge in [0, 0.05) is 21.9 Å². The van der Waals surface area contributed by atoms with E-state index in [-0.39, 0.29) is 16.9 Å². The third-order valence-electron chi connectivity index (χ3n) is 4.58. The summed E-state index contributed by atoms with van der Waals surface area (Å²) in [5.41, 5.74) is -1.16. The summed E-state index contributed by atoms with van der Waals surface area (Å²) in [5, 5.41) is 1.19. The fraction of sp³-hybridized carbons (Fsp3) is 0.0952. The number of nitrogens with zero attached hydrogens (tertiary/aromatic N) is 1. The second-order valence-electron chi connectivity index (χ2n) is 6.31. The molecule has 4 aromatic rings. The average Bonchev–Trinajstić information content (AvgIpc) is 3.10. The predicted molar refractivity (Wildman–Crippen MR) is 99.8 cm³/mol. The van der Waals surface area contributed by atoms with E-state index in [0.29, 0.717) is 16.3 Å². The minimum absolute atomic E-state index is 0.169. The van der Waals surface area contributed by atoms with Gasteiger partial charge in [0.25, 0.3) is 0 Å². The van der Waals surface area contributed by atoms with Crippen molar-refractivity contribution >= 4 is 33.6 Å². The molecule has 29 heavy (non-hydrogen) atoms. The van der Waals surface area contributed by atoms with Crippen LogP contribution in [0.15, 0.2) is 54.6 Å². The highest BCUT2D eigenvalue weighted by molar-refractivity contribution is 6.20. The Hall–Kier alpha value is -3.68. The Kier molecular flexibility index (Phi) is 4.34. The number of H-pyrrole nitrogens is 1. The van der Waals surface area contributed by atoms with E-state index in [0.717, 1.165) is 19.2 Å². The van der Waals surface area contributed by atoms with Gasteiger partial charge in [0.2, 0.25) is 5.78 Å². The van der Waals surface area contributed by atoms with Gasteiger partial charge >= 0.3 is 12.1 Å². The number of ether oxygens (including phenoxy) is 1. The van der Waals surface area contributed by atoms with E-state index in [1.807, 2.05) is 0 Å². The van der Waals surface area contributed by atoms with E-state index in [1.54, 1.807) is 24.3 Å². The molecule has 0 aliphatic carbocycles. The summed E-state index contributed by atoms with van der Waals surface area (Å²) < 4.78 is 44.9. The van der Waals surface area contributed by atoms with E-state index in [4.69, 9.17) is 0 Å². The van der Waals surface area contributed by atoms with Gasteiger partial charge in [-0.15, -0.1) is 0 Å². The summed E-state index contributed by atoms with van der Waals surface area (Å²) in [4.78, 5) is 32.3. The zero-order valence-corrected chi connectivity index (χ0v) is 15.0. The SMILES string of the molecule is COC(=O)c1cc2c([nH]c3ccccc32)c(C(=O)c2ccccc2C(F)(F)F)n1. The van der Waals surface area contributed by atoms with Gasteiger partial charge in [-0.05, 0) is 18.2 Å². The Morgan fingerprint density at radius 2 is 1.69 bits per heavy atom. The number of carbonyl (C=O) groups is 2. The van der Waals surface area contributed by atoms with Crippen LogP contribution in [0.5, 0.6) is 0 Å². The minimum Gasteiger partial charge on any atom is -0.464 e. The van der Waals surface area contributed by atoms with Crippen molar-refractivity contribution in [3.05, 3.63) is 77.1 Å². The molecule has 2 aromatic carbocycles. The Morgan fingerprint density at radius 3 is 2.41 bits per heavy atom. The number of hydrogen-bond acceptors (Lipinski definition) is 4. The van der Waals surface area contributed by atoms with Crippen molar-refractivity contribution in [2.45, 2.75) is 6.18 Å². The van der Waals surface area contributed by atoms with Crippen LogP contribution < -0.4 is 0 Å². The molecule has 2 aromatic heterocycles. The maximum Gasteiger partial charge on any atom is 0.417 e. The highest BCUT2D eigenvalue weighted by Crippen LogP contribution is 2.34. The third kappa shape index (κ3) is 3.12. The van der Waals surface area contributed by atoms with E-state index in [2.05, 4.69) is 14.7 Å². The number of esters is 1. The van der Waals surface area contributed by atoms with Crippen molar-refractivity contribution in [1.82, 2.24) is 9.97 Å². The average molecular weight is 398 g/mol. The van der Waals surface area contributed by atoms with Gasteiger partial charge in [0.05, 0.1) is 18.2 Å². The summed E-state index contributed by atoms with van der Waals surface area (Å²) in [5.74, 6) is -1.74. The van der Waals surface area contributed by atoms with Crippen molar-refractivity contribution in [2.75, 3.05) is 7.11 Å². The molecule has 1 N–H and O–H groups in total. The van der Waals surface area contributed by atoms with Crippen molar-refractivity contribution in [3.8, 4) is 0 Å². The number of nitrogens with one attached hydrogen (secondary N) is 1. The number of hydrogen-bond donors (Lipinski definition) is 1. The molecule has 2 heterocycles. The molecule has 146 valence electrons. The number of carbonyl (C=O) groups excluding carboxylic acids is 2. The second-order valence-corrected chi connectivity index (χ2v) is 6.31. The van der Waals surface area contributed by atoms with Crippen LogP contribution in [0.25, 0.3) is 21.8 Å². The molecular formula is C21H13F3N2O3. The Balaban J connectivity index is 2.03. The monoisotopic (exact) mass is 398 g/mol. The number of pyridine rings is 1. The largest absolute Gasteiger partial charge is 0.464 e. The van der Waals surface area contributed by atoms with Crippen LogP contribution >= 0.6 is 0 Å². The van der Waals surface area contributed by atoms with Gasteiger partial charge in [0.15, 0.2) is 0 Å². The van der Waals surface area contributed by atoms with E-state index in [1.165, 1.54) is 18.2 Å². The number of ketones is 1. The molecule has 0 radical (unpaired) electrons. The molecule has 0 amide bonds. The summed E-state index contributed by atoms with van der Waals surface area (Å²) in [6.45, 7) is 0. The maximum absolute atomic E-state index is 13.4. The molecule has 8 heteroatoms. The van der Waals surface area contributed by atoms with E-state index >= 15 is 0 Å². The molecule has 0 bridgehead atoms. The summed E-state index contributed by atoms with van der Waals surface area (Å²) in [7, 11) is 1.16. The molecule has 0 atom stereocenters. The zero-order chi connectivity index (χ0) is 20.8. The molecule has 0 saturated carbocycles. The molecule has 0 fully saturated rings. The lowest BCUT2D eigenvalue weighted by molar-refractivity contribution is -0.137. The van der Waals surface area contributed by atoms with Crippen LogP contribution in [0.3, 0.4) is 0 Å². The molecular weight excluding hydrogens is 385 g/mol. The van der Waals surface area contributed by atoms with E-state index < -0.39 is 29.1 Å². The molecule has 0 aliphatic heterocycles. The number of halogens is 3. The van der Waals surface area contributed by atoms with Gasteiger partial charge in [-0.2, -0.15) is 13.2 Å². The smallest absolute Gasteiger partial charge is 0.417 e. The number of benzene rings is 2. The first-order chi connectivity index (χ1) is 13.8. The lowest BCUT2D eigenvalue weighted by Gasteiger charge is -2.12. The Morgan fingerprint density at radius 1 is 1.00 bits per heavy atom. The second kappa shape index (κ2) is 6.73. The first-order valence-electron chi connectivity index (χ1n) is 8.52. The number of fused-ring (bicyclic) bond motifs is 3. The molecule has 0 unspecified atom stereocenters. The molecule has 0 aliphatic rings. The third-order valence-corrected chi connectivity index (χ3v) is 4.58. The van der Waals surface area contributed by atoms with Crippen LogP contribution in [0, 0.1) is 0 Å². The van der Waals surface area contributed by atoms with Gasteiger partial charge in [-0.25, -0.2) is 9.78 Å². The van der Waals surface area contributed by atoms with Crippen LogP contribution in [-0.4, -0.2) is 28.8 Å². The van der Waals surface area contributed by atoms with Crippen molar-refractivity contribution in [1.29, 1.82) is 0 Å². The number of alkyl halides is 3. The summed E-state index contributed by atoms with van der Waals surface area (Å²) in [6, 6.07) is 13.0. The fourth-order valence-electron chi connectivity index (χ4n) is 3.27. The van der Waals surface area contributed by atoms with E-state index in [9.17, 15) is 22.8 Å². The van der Waals surface area contributed by atoms with Crippen molar-refractivity contribution in [2.24, 2.45) is 0 Å². The Bertz CT molecular complexity index is 1280. The molecule has 0 saturated heterocycles. The number of aromatic amines is 1. The quantitative estimate of drug-likeness (QED) is 0.399. The minimum atomic E-state index is -4.72. The number of rotatable bonds is 3. The van der Waals surface area contributed by atoms with Crippen LogP contribution in [-0.2, 0) is 10.9 Å². The fourth-order valence-corrected chi connectivity index (χ4v) is 3.27. The standard InChI is InChI=1S/C21H13F3N2O3/c1-29-20(28)16-10-13-11-6-3-5-9-15(11)25-17(13)18(26-16)19(27)12-7-2-4-8-14(12)21(22,23)24/h2-10,25H,1H3. The first kappa shape index (κ1) is 18.7. The highest BCUT2D eigenvalue weighted by atomic mass is 19.4. The molecule has 5 nitrogen and oxygen atoms in total. The van der Waals surface area contributed by atoms with Crippen LogP contribution in [0.1, 0.15) is 32.1 Å². The Labute approximate surface area is 162 Å². The lowest BCUT2D eigenvalue weighted by atomic mass is 9.99. The summed E-state index contributed by atoms with van der Waals surface area (Å²) in [6.07, 6.45) is -4.72. The molecule has 4 rings (SSSR count). The van der Waals surface area contributed by atoms with Crippen LogP contribution in [0.2, 0.25) is 0 Å². The number of para-hydroxylation sites is 1. The van der Waals surface area contributed by atoms with Crippen molar-refractivity contribution < 1.29 is 27.5 Å². The van der Waals surface area contributed by atoms with Gasteiger partial charge in [0.1, 0.15) is 11.4 Å². The number of aromatic nitrogens is 2. The normalized spacial score (nSPS) is 11.7. The summed E-state index contributed by atoms with van der Waals surface area (Å²) >= 11 is 0. The topological polar surface area (TPSA) is 72.1 Å². The van der Waals surface area contributed by atoms with Crippen LogP contribution in [0.4, 0.5) is 13.2 Å². The maximum atomic E-state index is 13.4. The number of methoxy groups -OCH3 is 1. The van der Waals surface area contributed by atoms with Gasteiger partial charge < -0.3 is 9.72 Å². The highest BCUT2D eigenvalue weighted by Gasteiger charge is 2.36. The molecule has 0 spiro atoms. The first-order valence-corrected chi connectivity index (χ1v) is 8.52. The predicted octanol–water partition coefficient (Wildman–Crippen LogP) is 4.75. The lowest BCUT2D eigenvalue weighted by Crippen LogP contribution is -2.16. The van der Waals surface area contributed by atoms with Gasteiger partial charge in [-0.3, -0.25) is 4.79 Å². The van der Waals surface area contributed by atoms with Gasteiger partial charge in [-0.1, -0.05) is 36.4 Å². The zero-order valence-electron chi connectivity index (χ0n) is 15.0.